The Kier molecular flexibility index (Phi) is 8.27. The second-order valence-electron chi connectivity index (χ2n) is 16.8. The third-order valence-electron chi connectivity index (χ3n) is 11.1. The lowest BCUT2D eigenvalue weighted by molar-refractivity contribution is 0.590. The van der Waals surface area contributed by atoms with Crippen LogP contribution < -0.4 is 4.90 Å². The number of fused-ring (bicyclic) bond motifs is 5. The van der Waals surface area contributed by atoms with Crippen molar-refractivity contribution in [3.63, 3.8) is 0 Å². The predicted molar refractivity (Wildman–Crippen MR) is 235 cm³/mol. The van der Waals surface area contributed by atoms with Gasteiger partial charge in [-0.3, -0.25) is 0 Å². The molecule has 0 amide bonds. The van der Waals surface area contributed by atoms with Crippen molar-refractivity contribution in [2.45, 2.75) is 52.4 Å². The Morgan fingerprint density at radius 2 is 1.00 bits per heavy atom. The van der Waals surface area contributed by atoms with Gasteiger partial charge in [-0.1, -0.05) is 139 Å². The molecule has 0 aliphatic carbocycles. The molecule has 0 aliphatic rings. The molecule has 0 aliphatic heterocycles. The maximum absolute atomic E-state index is 2.46. The molecule has 0 atom stereocenters. The first kappa shape index (κ1) is 34.4. The van der Waals surface area contributed by atoms with E-state index in [0.717, 1.165) is 28.4 Å². The van der Waals surface area contributed by atoms with Crippen LogP contribution in [-0.4, -0.2) is 9.13 Å². The van der Waals surface area contributed by atoms with Crippen molar-refractivity contribution in [3.05, 3.63) is 187 Å². The quantitative estimate of drug-likeness (QED) is 0.167. The van der Waals surface area contributed by atoms with Crippen molar-refractivity contribution >= 4 is 49.8 Å². The monoisotopic (exact) mass is 713 g/mol. The summed E-state index contributed by atoms with van der Waals surface area (Å²) in [5, 5.41) is 3.72. The number of hydrogen-bond donors (Lipinski definition) is 0. The highest BCUT2D eigenvalue weighted by Gasteiger charge is 2.21. The lowest BCUT2D eigenvalue weighted by atomic mass is 9.86. The van der Waals surface area contributed by atoms with Crippen molar-refractivity contribution in [2.75, 3.05) is 4.90 Å². The first-order chi connectivity index (χ1) is 26.5. The van der Waals surface area contributed by atoms with Gasteiger partial charge in [-0.15, -0.1) is 0 Å². The minimum absolute atomic E-state index is 0.0735. The van der Waals surface area contributed by atoms with Gasteiger partial charge in [0.25, 0.3) is 0 Å². The maximum Gasteiger partial charge on any atom is 0.0635 e. The summed E-state index contributed by atoms with van der Waals surface area (Å²) in [5.74, 6) is 0. The van der Waals surface area contributed by atoms with Gasteiger partial charge in [0.2, 0.25) is 0 Å². The van der Waals surface area contributed by atoms with Crippen LogP contribution in [0.25, 0.3) is 55.2 Å². The van der Waals surface area contributed by atoms with Gasteiger partial charge in [-0.25, -0.2) is 0 Å². The fourth-order valence-electron chi connectivity index (χ4n) is 8.05. The Balaban J connectivity index is 1.20. The Hall–Kier alpha value is -6.32. The van der Waals surface area contributed by atoms with Gasteiger partial charge in [-0.05, 0) is 106 Å². The second-order valence-corrected chi connectivity index (χ2v) is 16.8. The molecule has 270 valence electrons. The normalized spacial score (nSPS) is 12.2. The van der Waals surface area contributed by atoms with Gasteiger partial charge in [0.05, 0.1) is 16.6 Å². The summed E-state index contributed by atoms with van der Waals surface area (Å²) in [6.45, 7) is 13.6. The van der Waals surface area contributed by atoms with Crippen LogP contribution in [0.4, 0.5) is 17.1 Å². The van der Waals surface area contributed by atoms with E-state index in [4.69, 9.17) is 0 Å². The van der Waals surface area contributed by atoms with Crippen LogP contribution in [0, 0.1) is 0 Å². The number of aromatic nitrogens is 2. The van der Waals surface area contributed by atoms with Gasteiger partial charge in [0.1, 0.15) is 0 Å². The van der Waals surface area contributed by atoms with Crippen LogP contribution >= 0.6 is 0 Å². The molecule has 0 fully saturated rings. The van der Waals surface area contributed by atoms with Crippen LogP contribution in [0.3, 0.4) is 0 Å². The average molecular weight is 714 g/mol. The van der Waals surface area contributed by atoms with E-state index >= 15 is 0 Å². The third-order valence-corrected chi connectivity index (χ3v) is 11.1. The molecule has 0 saturated heterocycles. The molecule has 0 saturated carbocycles. The highest BCUT2D eigenvalue weighted by molar-refractivity contribution is 6.18. The molecule has 0 radical (unpaired) electrons. The Bertz CT molecular complexity index is 2730. The van der Waals surface area contributed by atoms with Crippen LogP contribution in [0.2, 0.25) is 0 Å². The van der Waals surface area contributed by atoms with Gasteiger partial charge in [0, 0.05) is 50.8 Å². The number of para-hydroxylation sites is 1. The molecule has 0 unspecified atom stereocenters. The maximum atomic E-state index is 2.46. The summed E-state index contributed by atoms with van der Waals surface area (Å²) < 4.78 is 4.77. The number of anilines is 3. The van der Waals surface area contributed by atoms with E-state index in [9.17, 15) is 0 Å². The fourth-order valence-corrected chi connectivity index (χ4v) is 8.05. The van der Waals surface area contributed by atoms with Crippen molar-refractivity contribution in [1.29, 1.82) is 0 Å². The molecule has 9 aromatic rings. The van der Waals surface area contributed by atoms with E-state index < -0.39 is 0 Å². The molecule has 0 bridgehead atoms. The molecule has 0 spiro atoms. The molecule has 55 heavy (non-hydrogen) atoms. The van der Waals surface area contributed by atoms with Crippen LogP contribution in [0.15, 0.2) is 176 Å². The molecule has 0 N–H and O–H groups in total. The number of benzene rings is 7. The minimum Gasteiger partial charge on any atom is -0.316 e. The first-order valence-electron chi connectivity index (χ1n) is 19.4. The number of rotatable bonds is 6. The van der Waals surface area contributed by atoms with Gasteiger partial charge in [0.15, 0.2) is 0 Å². The third kappa shape index (κ3) is 6.20. The molecule has 2 aromatic heterocycles. The van der Waals surface area contributed by atoms with E-state index in [1.54, 1.807) is 0 Å². The molecule has 3 heteroatoms. The van der Waals surface area contributed by atoms with E-state index in [1.807, 2.05) is 0 Å². The van der Waals surface area contributed by atoms with Crippen molar-refractivity contribution in [2.24, 2.45) is 0 Å². The SMILES string of the molecule is CC(C)(C)c1ccc(N(c2ccc(C(C)(C)C)cc2)c2cccc(-n3c4ccccc4c4ccc5c(ccn5-c5ccc(-c6ccccc6)cc5)c43)c2)cc1. The Morgan fingerprint density at radius 3 is 1.64 bits per heavy atom. The highest BCUT2D eigenvalue weighted by Crippen LogP contribution is 2.41. The highest BCUT2D eigenvalue weighted by atomic mass is 15.1. The van der Waals surface area contributed by atoms with Gasteiger partial charge in [-0.2, -0.15) is 0 Å². The first-order valence-corrected chi connectivity index (χ1v) is 19.4. The number of hydrogen-bond acceptors (Lipinski definition) is 1. The zero-order valence-electron chi connectivity index (χ0n) is 32.6. The summed E-state index contributed by atoms with van der Waals surface area (Å²) in [5.41, 5.74) is 14.5. The molecular formula is C52H47N3. The molecular weight excluding hydrogens is 667 g/mol. The summed E-state index contributed by atoms with van der Waals surface area (Å²) in [4.78, 5) is 2.39. The zero-order valence-corrected chi connectivity index (χ0v) is 32.6. The van der Waals surface area contributed by atoms with Crippen molar-refractivity contribution in [1.82, 2.24) is 9.13 Å². The predicted octanol–water partition coefficient (Wildman–Crippen LogP) is 14.5. The standard InChI is InChI=1S/C52H47N3/c1-51(2,3)38-21-27-41(28-22-38)54(42-29-23-39(24-30-42)52(4,5)6)43-15-12-16-44(35-43)55-49-18-11-10-17-45(49)46-31-32-48-47(50(46)55)33-34-53(48)40-25-19-37(20-26-40)36-13-8-7-9-14-36/h7-35H,1-6H3. The second kappa shape index (κ2) is 13.2. The summed E-state index contributed by atoms with van der Waals surface area (Å²) >= 11 is 0. The molecule has 9 rings (SSSR count). The van der Waals surface area contributed by atoms with Crippen LogP contribution in [0.5, 0.6) is 0 Å². The van der Waals surface area contributed by atoms with Gasteiger partial charge >= 0.3 is 0 Å². The van der Waals surface area contributed by atoms with Gasteiger partial charge < -0.3 is 14.0 Å². The smallest absolute Gasteiger partial charge is 0.0635 e. The van der Waals surface area contributed by atoms with Crippen molar-refractivity contribution < 1.29 is 0 Å². The van der Waals surface area contributed by atoms with Crippen LogP contribution in [-0.2, 0) is 10.8 Å². The molecule has 7 aromatic carbocycles. The van der Waals surface area contributed by atoms with E-state index in [0.29, 0.717) is 0 Å². The summed E-state index contributed by atoms with van der Waals surface area (Å²) in [6.07, 6.45) is 2.21. The van der Waals surface area contributed by atoms with Crippen LogP contribution in [0.1, 0.15) is 52.7 Å². The Labute approximate surface area is 324 Å². The summed E-state index contributed by atoms with van der Waals surface area (Å²) in [6, 6.07) is 62.3. The molecule has 3 nitrogen and oxygen atoms in total. The zero-order chi connectivity index (χ0) is 37.9. The van der Waals surface area contributed by atoms with Crippen molar-refractivity contribution in [3.8, 4) is 22.5 Å². The molecule has 2 heterocycles. The van der Waals surface area contributed by atoms with E-state index in [2.05, 4.69) is 232 Å². The van der Waals surface area contributed by atoms with E-state index in [1.165, 1.54) is 55.0 Å². The fraction of sp³-hybridized carbons (Fsp3) is 0.154. The average Bonchev–Trinajstić information content (AvgIpc) is 3.78. The Morgan fingerprint density at radius 1 is 0.400 bits per heavy atom. The van der Waals surface area contributed by atoms with E-state index in [-0.39, 0.29) is 10.8 Å². The summed E-state index contributed by atoms with van der Waals surface area (Å²) in [7, 11) is 0. The topological polar surface area (TPSA) is 13.1 Å². The number of nitrogens with zero attached hydrogens (tertiary/aromatic N) is 3. The lowest BCUT2D eigenvalue weighted by Gasteiger charge is -2.28. The lowest BCUT2D eigenvalue weighted by Crippen LogP contribution is -2.14. The largest absolute Gasteiger partial charge is 0.316 e. The minimum atomic E-state index is 0.0735.